The maximum absolute atomic E-state index is 11.6. The van der Waals surface area contributed by atoms with Crippen LogP contribution in [0.5, 0.6) is 0 Å². The monoisotopic (exact) mass is 251 g/mol. The maximum Gasteiger partial charge on any atom is 0.408 e. The van der Waals surface area contributed by atoms with Gasteiger partial charge in [0.2, 0.25) is 0 Å². The van der Waals surface area contributed by atoms with Crippen LogP contribution in [0.2, 0.25) is 0 Å². The molecule has 1 aliphatic rings. The van der Waals surface area contributed by atoms with Crippen molar-refractivity contribution in [3.05, 3.63) is 18.2 Å². The lowest BCUT2D eigenvalue weighted by molar-refractivity contribution is -0.0349. The number of amides is 1. The number of piperidine rings is 1. The lowest BCUT2D eigenvalue weighted by Gasteiger charge is -2.52. The van der Waals surface area contributed by atoms with Gasteiger partial charge < -0.3 is 10.1 Å². The van der Waals surface area contributed by atoms with Crippen molar-refractivity contribution < 1.29 is 9.90 Å². The van der Waals surface area contributed by atoms with Crippen LogP contribution in [0.3, 0.4) is 0 Å². The summed E-state index contributed by atoms with van der Waals surface area (Å²) in [5.74, 6) is 0.761. The molecule has 5 nitrogen and oxygen atoms in total. The highest BCUT2D eigenvalue weighted by Gasteiger charge is 2.53. The predicted octanol–water partition coefficient (Wildman–Crippen LogP) is 2.82. The number of hydrogen-bond acceptors (Lipinski definition) is 2. The first-order valence-corrected chi connectivity index (χ1v) is 6.40. The molecule has 0 aromatic carbocycles. The van der Waals surface area contributed by atoms with E-state index in [0.717, 1.165) is 25.1 Å². The summed E-state index contributed by atoms with van der Waals surface area (Å²) < 4.78 is 0. The summed E-state index contributed by atoms with van der Waals surface area (Å²) in [6.45, 7) is 6.82. The number of nitrogens with zero attached hydrogens (tertiary/aromatic N) is 2. The van der Waals surface area contributed by atoms with E-state index in [-0.39, 0.29) is 5.41 Å². The second kappa shape index (κ2) is 4.30. The van der Waals surface area contributed by atoms with E-state index in [1.807, 2.05) is 0 Å². The van der Waals surface area contributed by atoms with Gasteiger partial charge in [0.05, 0.1) is 0 Å². The molecule has 1 atom stereocenters. The van der Waals surface area contributed by atoms with Crippen molar-refractivity contribution in [2.24, 2.45) is 5.41 Å². The summed E-state index contributed by atoms with van der Waals surface area (Å²) in [6.07, 6.45) is 5.36. The van der Waals surface area contributed by atoms with Crippen molar-refractivity contribution in [1.82, 2.24) is 14.9 Å². The predicted molar refractivity (Wildman–Crippen MR) is 68.3 cm³/mol. The minimum Gasteiger partial charge on any atom is -0.465 e. The van der Waals surface area contributed by atoms with Crippen LogP contribution in [0.25, 0.3) is 0 Å². The number of hydrogen-bond donors (Lipinski definition) is 2. The van der Waals surface area contributed by atoms with Gasteiger partial charge in [-0.25, -0.2) is 9.78 Å². The Morgan fingerprint density at radius 3 is 2.72 bits per heavy atom. The molecule has 18 heavy (non-hydrogen) atoms. The van der Waals surface area contributed by atoms with Gasteiger partial charge in [-0.1, -0.05) is 20.8 Å². The molecule has 2 heterocycles. The zero-order valence-electron chi connectivity index (χ0n) is 11.2. The van der Waals surface area contributed by atoms with Gasteiger partial charge in [0.15, 0.2) is 0 Å². The van der Waals surface area contributed by atoms with E-state index in [1.165, 1.54) is 0 Å². The molecule has 0 spiro atoms. The van der Waals surface area contributed by atoms with E-state index >= 15 is 0 Å². The zero-order valence-corrected chi connectivity index (χ0v) is 11.2. The third-order valence-electron chi connectivity index (χ3n) is 3.99. The molecule has 0 radical (unpaired) electrons. The average molecular weight is 251 g/mol. The third kappa shape index (κ3) is 1.78. The van der Waals surface area contributed by atoms with Gasteiger partial charge in [-0.15, -0.1) is 0 Å². The van der Waals surface area contributed by atoms with Gasteiger partial charge in [-0.05, 0) is 24.7 Å². The Bertz CT molecular complexity index is 422. The fraction of sp³-hybridized carbons (Fsp3) is 0.692. The number of aromatic amines is 1. The van der Waals surface area contributed by atoms with E-state index < -0.39 is 11.6 Å². The summed E-state index contributed by atoms with van der Waals surface area (Å²) in [5.41, 5.74) is -0.760. The van der Waals surface area contributed by atoms with E-state index in [4.69, 9.17) is 0 Å². The lowest BCUT2D eigenvalue weighted by atomic mass is 9.67. The molecule has 1 aromatic rings. The number of carbonyl (C=O) groups is 1. The van der Waals surface area contributed by atoms with Crippen LogP contribution in [-0.2, 0) is 5.54 Å². The van der Waals surface area contributed by atoms with Crippen molar-refractivity contribution in [3.63, 3.8) is 0 Å². The number of likely N-dealkylation sites (tertiary alicyclic amines) is 1. The molecule has 1 aliphatic heterocycles. The van der Waals surface area contributed by atoms with Gasteiger partial charge >= 0.3 is 6.09 Å². The van der Waals surface area contributed by atoms with Gasteiger partial charge in [0, 0.05) is 18.9 Å². The molecule has 1 saturated heterocycles. The Hall–Kier alpha value is -1.52. The smallest absolute Gasteiger partial charge is 0.408 e. The largest absolute Gasteiger partial charge is 0.465 e. The van der Waals surface area contributed by atoms with Crippen LogP contribution in [0.4, 0.5) is 4.79 Å². The molecule has 2 N–H and O–H groups in total. The highest BCUT2D eigenvalue weighted by molar-refractivity contribution is 5.67. The quantitative estimate of drug-likeness (QED) is 0.806. The van der Waals surface area contributed by atoms with Crippen LogP contribution in [0.1, 0.15) is 45.9 Å². The Labute approximate surface area is 107 Å². The minimum absolute atomic E-state index is 0.205. The molecular formula is C13H21N3O2. The topological polar surface area (TPSA) is 69.2 Å². The van der Waals surface area contributed by atoms with Crippen LogP contribution < -0.4 is 0 Å². The fourth-order valence-corrected chi connectivity index (χ4v) is 3.11. The first-order chi connectivity index (χ1) is 8.39. The first kappa shape index (κ1) is 12.9. The summed E-state index contributed by atoms with van der Waals surface area (Å²) in [7, 11) is 0. The highest BCUT2D eigenvalue weighted by atomic mass is 16.4. The molecule has 100 valence electrons. The molecule has 1 fully saturated rings. The van der Waals surface area contributed by atoms with Crippen LogP contribution in [0.15, 0.2) is 12.4 Å². The number of carboxylic acid groups (broad SMARTS) is 1. The zero-order chi connectivity index (χ0) is 13.4. The van der Waals surface area contributed by atoms with E-state index in [9.17, 15) is 9.90 Å². The fourth-order valence-electron chi connectivity index (χ4n) is 3.11. The van der Waals surface area contributed by atoms with Crippen molar-refractivity contribution >= 4 is 6.09 Å². The van der Waals surface area contributed by atoms with Crippen molar-refractivity contribution in [3.8, 4) is 0 Å². The molecule has 1 unspecified atom stereocenters. The number of rotatable bonds is 1. The first-order valence-electron chi connectivity index (χ1n) is 6.40. The molecule has 5 heteroatoms. The molecular weight excluding hydrogens is 230 g/mol. The Morgan fingerprint density at radius 1 is 1.50 bits per heavy atom. The van der Waals surface area contributed by atoms with Gasteiger partial charge in [-0.2, -0.15) is 0 Å². The summed E-state index contributed by atoms with van der Waals surface area (Å²) >= 11 is 0. The van der Waals surface area contributed by atoms with Gasteiger partial charge in [0.1, 0.15) is 11.4 Å². The van der Waals surface area contributed by atoms with Crippen LogP contribution in [0, 0.1) is 5.41 Å². The molecule has 1 amide bonds. The summed E-state index contributed by atoms with van der Waals surface area (Å²) in [5, 5.41) is 9.52. The van der Waals surface area contributed by atoms with Crippen molar-refractivity contribution in [2.75, 3.05) is 6.54 Å². The second-order valence-electron chi connectivity index (χ2n) is 5.94. The van der Waals surface area contributed by atoms with Crippen molar-refractivity contribution in [2.45, 2.75) is 45.6 Å². The summed E-state index contributed by atoms with van der Waals surface area (Å²) in [4.78, 5) is 20.6. The molecule has 0 bridgehead atoms. The number of nitrogens with one attached hydrogen (secondary N) is 1. The summed E-state index contributed by atoms with van der Waals surface area (Å²) in [6, 6.07) is 0. The highest BCUT2D eigenvalue weighted by Crippen LogP contribution is 2.48. The Morgan fingerprint density at radius 2 is 2.22 bits per heavy atom. The Kier molecular flexibility index (Phi) is 3.09. The van der Waals surface area contributed by atoms with Crippen LogP contribution >= 0.6 is 0 Å². The van der Waals surface area contributed by atoms with E-state index in [1.54, 1.807) is 17.3 Å². The van der Waals surface area contributed by atoms with Gasteiger partial charge in [-0.3, -0.25) is 4.90 Å². The number of aromatic nitrogens is 2. The second-order valence-corrected chi connectivity index (χ2v) is 5.94. The normalized spacial score (nSPS) is 25.2. The van der Waals surface area contributed by atoms with E-state index in [2.05, 4.69) is 30.7 Å². The van der Waals surface area contributed by atoms with Gasteiger partial charge in [0.25, 0.3) is 0 Å². The molecule has 0 aliphatic carbocycles. The number of H-pyrrole nitrogens is 1. The maximum atomic E-state index is 11.6. The SMILES string of the molecule is CC(C)(C)C1(c2ncc[nH]2)CCCCN1C(=O)O. The third-order valence-corrected chi connectivity index (χ3v) is 3.99. The average Bonchev–Trinajstić information content (AvgIpc) is 2.80. The standard InChI is InChI=1S/C13H21N3O2/c1-12(2,3)13(10-14-7-8-15-10)6-4-5-9-16(13)11(17)18/h7-8H,4-6,9H2,1-3H3,(H,14,15)(H,17,18). The number of imidazole rings is 1. The lowest BCUT2D eigenvalue weighted by Crippen LogP contribution is -2.59. The molecule has 0 saturated carbocycles. The van der Waals surface area contributed by atoms with E-state index in [0.29, 0.717) is 6.54 Å². The minimum atomic E-state index is -0.860. The Balaban J connectivity index is 2.56. The van der Waals surface area contributed by atoms with Crippen molar-refractivity contribution in [1.29, 1.82) is 0 Å². The van der Waals surface area contributed by atoms with Crippen LogP contribution in [-0.4, -0.2) is 32.6 Å². The molecule has 2 rings (SSSR count). The molecule has 1 aromatic heterocycles.